The molecule has 3 rings (SSSR count). The van der Waals surface area contributed by atoms with Crippen molar-refractivity contribution in [3.8, 4) is 0 Å². The maximum atomic E-state index is 12.1. The largest absolute Gasteiger partial charge is 0.445 e. The van der Waals surface area contributed by atoms with Crippen LogP contribution >= 0.6 is 0 Å². The smallest absolute Gasteiger partial charge is 0.410 e. The highest BCUT2D eigenvalue weighted by atomic mass is 16.7. The van der Waals surface area contributed by atoms with Crippen LogP contribution in [-0.4, -0.2) is 56.3 Å². The zero-order chi connectivity index (χ0) is 17.3. The lowest BCUT2D eigenvalue weighted by atomic mass is 10.2. The van der Waals surface area contributed by atoms with Crippen LogP contribution in [0.4, 0.5) is 4.79 Å². The molecule has 0 saturated carbocycles. The summed E-state index contributed by atoms with van der Waals surface area (Å²) >= 11 is 0. The Kier molecular flexibility index (Phi) is 7.09. The van der Waals surface area contributed by atoms with E-state index < -0.39 is 0 Å². The lowest BCUT2D eigenvalue weighted by molar-refractivity contribution is -0.171. The number of benzene rings is 1. The predicted octanol–water partition coefficient (Wildman–Crippen LogP) is 2.96. The molecule has 138 valence electrons. The number of hydrogen-bond donors (Lipinski definition) is 0. The molecule has 0 aliphatic carbocycles. The van der Waals surface area contributed by atoms with Gasteiger partial charge in [-0.25, -0.2) is 4.79 Å². The second kappa shape index (κ2) is 9.75. The van der Waals surface area contributed by atoms with Gasteiger partial charge in [0.05, 0.1) is 25.9 Å². The molecule has 1 aromatic rings. The van der Waals surface area contributed by atoms with Crippen molar-refractivity contribution in [3.05, 3.63) is 35.9 Å². The van der Waals surface area contributed by atoms with E-state index in [1.807, 2.05) is 30.3 Å². The molecule has 0 N–H and O–H groups in total. The highest BCUT2D eigenvalue weighted by molar-refractivity contribution is 5.68. The Bertz CT molecular complexity index is 518. The molecule has 2 fully saturated rings. The van der Waals surface area contributed by atoms with Crippen LogP contribution in [-0.2, 0) is 25.6 Å². The van der Waals surface area contributed by atoms with Crippen molar-refractivity contribution in [2.75, 3.05) is 32.9 Å². The molecule has 2 aliphatic rings. The number of nitrogens with zero attached hydrogens (tertiary/aromatic N) is 1. The number of carbonyl (C=O) groups is 1. The minimum absolute atomic E-state index is 0.0557. The van der Waals surface area contributed by atoms with Crippen molar-refractivity contribution < 1.29 is 23.7 Å². The Balaban J connectivity index is 1.28. The fraction of sp³-hybridized carbons (Fsp3) is 0.632. The van der Waals surface area contributed by atoms with Gasteiger partial charge in [-0.2, -0.15) is 0 Å². The number of rotatable bonds is 7. The summed E-state index contributed by atoms with van der Waals surface area (Å²) in [5, 5.41) is 0. The van der Waals surface area contributed by atoms with Gasteiger partial charge in [-0.05, 0) is 31.2 Å². The van der Waals surface area contributed by atoms with Crippen LogP contribution in [0.3, 0.4) is 0 Å². The van der Waals surface area contributed by atoms with Crippen LogP contribution < -0.4 is 0 Å². The fourth-order valence-electron chi connectivity index (χ4n) is 3.08. The van der Waals surface area contributed by atoms with Gasteiger partial charge in [0.25, 0.3) is 0 Å². The highest BCUT2D eigenvalue weighted by Gasteiger charge is 2.27. The maximum Gasteiger partial charge on any atom is 0.410 e. The molecule has 2 saturated heterocycles. The maximum absolute atomic E-state index is 12.1. The molecular weight excluding hydrogens is 322 g/mol. The summed E-state index contributed by atoms with van der Waals surface area (Å²) in [6.07, 6.45) is 3.78. The number of carbonyl (C=O) groups excluding carboxylic acids is 1. The summed E-state index contributed by atoms with van der Waals surface area (Å²) in [5.41, 5.74) is 0.991. The third-order valence-corrected chi connectivity index (χ3v) is 4.49. The summed E-state index contributed by atoms with van der Waals surface area (Å²) in [6.45, 7) is 3.39. The average Bonchev–Trinajstić information content (AvgIpc) is 3.14. The number of ether oxygens (including phenoxy) is 4. The van der Waals surface area contributed by atoms with E-state index in [4.69, 9.17) is 18.9 Å². The molecule has 2 heterocycles. The molecule has 2 atom stereocenters. The van der Waals surface area contributed by atoms with Crippen molar-refractivity contribution in [3.63, 3.8) is 0 Å². The average molecular weight is 349 g/mol. The first-order valence-corrected chi connectivity index (χ1v) is 9.12. The summed E-state index contributed by atoms with van der Waals surface area (Å²) in [4.78, 5) is 13.8. The van der Waals surface area contributed by atoms with Gasteiger partial charge >= 0.3 is 6.09 Å². The van der Waals surface area contributed by atoms with Gasteiger partial charge in [0.15, 0.2) is 6.29 Å². The molecule has 1 aromatic carbocycles. The van der Waals surface area contributed by atoms with E-state index in [0.717, 1.165) is 37.9 Å². The van der Waals surface area contributed by atoms with Gasteiger partial charge in [-0.1, -0.05) is 30.3 Å². The number of likely N-dealkylation sites (tertiary alicyclic amines) is 1. The first kappa shape index (κ1) is 18.2. The Hall–Kier alpha value is -1.63. The van der Waals surface area contributed by atoms with Crippen molar-refractivity contribution in [2.45, 2.75) is 44.7 Å². The van der Waals surface area contributed by atoms with Crippen molar-refractivity contribution >= 4 is 6.09 Å². The molecule has 25 heavy (non-hydrogen) atoms. The fourth-order valence-corrected chi connectivity index (χ4v) is 3.08. The van der Waals surface area contributed by atoms with E-state index in [1.54, 1.807) is 4.90 Å². The Morgan fingerprint density at radius 3 is 2.76 bits per heavy atom. The van der Waals surface area contributed by atoms with E-state index in [0.29, 0.717) is 32.9 Å². The van der Waals surface area contributed by atoms with Gasteiger partial charge in [0, 0.05) is 13.2 Å². The van der Waals surface area contributed by atoms with Crippen LogP contribution in [0.2, 0.25) is 0 Å². The molecule has 1 unspecified atom stereocenters. The standard InChI is InChI=1S/C19H27NO5/c21-19(25-15-16-6-2-1-3-7-16)20-10-9-17(14-20)22-12-13-24-18-8-4-5-11-23-18/h1-3,6-7,17-18H,4-5,8-15H2/t17?,18-/m1/s1. The molecule has 2 aliphatic heterocycles. The van der Waals surface area contributed by atoms with E-state index >= 15 is 0 Å². The van der Waals surface area contributed by atoms with E-state index in [2.05, 4.69) is 0 Å². The minimum atomic E-state index is -0.276. The van der Waals surface area contributed by atoms with Crippen molar-refractivity contribution in [2.24, 2.45) is 0 Å². The molecule has 0 bridgehead atoms. The summed E-state index contributed by atoms with van der Waals surface area (Å²) < 4.78 is 22.3. The van der Waals surface area contributed by atoms with Gasteiger partial charge < -0.3 is 23.8 Å². The van der Waals surface area contributed by atoms with Gasteiger partial charge in [-0.3, -0.25) is 0 Å². The monoisotopic (exact) mass is 349 g/mol. The van der Waals surface area contributed by atoms with Crippen LogP contribution in [0.5, 0.6) is 0 Å². The SMILES string of the molecule is O=C(OCc1ccccc1)N1CCC(OCCO[C@@H]2CCCCO2)C1. The third kappa shape index (κ3) is 5.99. The first-order valence-electron chi connectivity index (χ1n) is 9.12. The minimum Gasteiger partial charge on any atom is -0.445 e. The topological polar surface area (TPSA) is 57.2 Å². The van der Waals surface area contributed by atoms with E-state index in [9.17, 15) is 4.79 Å². The predicted molar refractivity (Wildman–Crippen MR) is 92.1 cm³/mol. The lowest BCUT2D eigenvalue weighted by Crippen LogP contribution is -2.31. The zero-order valence-corrected chi connectivity index (χ0v) is 14.6. The molecule has 0 spiro atoms. The first-order chi connectivity index (χ1) is 12.3. The van der Waals surface area contributed by atoms with E-state index in [-0.39, 0.29) is 18.5 Å². The summed E-state index contributed by atoms with van der Waals surface area (Å²) in [7, 11) is 0. The summed E-state index contributed by atoms with van der Waals surface area (Å²) in [6, 6.07) is 9.70. The quantitative estimate of drug-likeness (QED) is 0.709. The second-order valence-electron chi connectivity index (χ2n) is 6.43. The highest BCUT2D eigenvalue weighted by Crippen LogP contribution is 2.16. The molecule has 0 aromatic heterocycles. The molecular formula is C19H27NO5. The molecule has 0 radical (unpaired) electrons. The Morgan fingerprint density at radius 2 is 1.96 bits per heavy atom. The Labute approximate surface area is 149 Å². The zero-order valence-electron chi connectivity index (χ0n) is 14.6. The molecule has 6 heteroatoms. The van der Waals surface area contributed by atoms with Crippen LogP contribution in [0.1, 0.15) is 31.2 Å². The Morgan fingerprint density at radius 1 is 1.12 bits per heavy atom. The van der Waals surface area contributed by atoms with Crippen LogP contribution in [0, 0.1) is 0 Å². The number of hydrogen-bond acceptors (Lipinski definition) is 5. The lowest BCUT2D eigenvalue weighted by Gasteiger charge is -2.23. The van der Waals surface area contributed by atoms with Gasteiger partial charge in [0.2, 0.25) is 0 Å². The van der Waals surface area contributed by atoms with Crippen LogP contribution in [0.15, 0.2) is 30.3 Å². The molecule has 6 nitrogen and oxygen atoms in total. The van der Waals surface area contributed by atoms with Gasteiger partial charge in [-0.15, -0.1) is 0 Å². The van der Waals surface area contributed by atoms with Crippen molar-refractivity contribution in [1.82, 2.24) is 4.90 Å². The number of amides is 1. The van der Waals surface area contributed by atoms with Crippen molar-refractivity contribution in [1.29, 1.82) is 0 Å². The third-order valence-electron chi connectivity index (χ3n) is 4.49. The second-order valence-corrected chi connectivity index (χ2v) is 6.43. The molecule has 1 amide bonds. The van der Waals surface area contributed by atoms with Gasteiger partial charge in [0.1, 0.15) is 6.61 Å². The normalized spacial score (nSPS) is 23.6. The summed E-state index contributed by atoms with van der Waals surface area (Å²) in [5.74, 6) is 0. The van der Waals surface area contributed by atoms with E-state index in [1.165, 1.54) is 0 Å². The van der Waals surface area contributed by atoms with Crippen LogP contribution in [0.25, 0.3) is 0 Å².